The number of amides is 1. The second kappa shape index (κ2) is 16.3. The van der Waals surface area contributed by atoms with Crippen molar-refractivity contribution in [3.05, 3.63) is 22.8 Å². The lowest BCUT2D eigenvalue weighted by Gasteiger charge is -2.28. The fourth-order valence-corrected chi connectivity index (χ4v) is 2.64. The third-order valence-corrected chi connectivity index (χ3v) is 3.91. The van der Waals surface area contributed by atoms with Crippen molar-refractivity contribution in [3.8, 4) is 0 Å². The molecule has 0 unspecified atom stereocenters. The SMILES string of the molecule is C=C(O)CN(CCN(CCN(CC(=O)O)CC(=O)O)CC(=O)NCCN=[N+]=[N-])CC(=O)O. The molecule has 0 atom stereocenters. The molecule has 1 amide bonds. The Hall–Kier alpha value is -3.39. The summed E-state index contributed by atoms with van der Waals surface area (Å²) < 4.78 is 0. The molecule has 32 heavy (non-hydrogen) atoms. The lowest BCUT2D eigenvalue weighted by atomic mass is 10.3. The molecular formula is C17H29N7O8. The number of carbonyl (C=O) groups is 4. The van der Waals surface area contributed by atoms with Crippen molar-refractivity contribution in [1.29, 1.82) is 0 Å². The van der Waals surface area contributed by atoms with Crippen LogP contribution in [-0.4, -0.2) is 131 Å². The average molecular weight is 459 g/mol. The maximum Gasteiger partial charge on any atom is 0.317 e. The first-order valence-corrected chi connectivity index (χ1v) is 9.50. The zero-order valence-electron chi connectivity index (χ0n) is 17.6. The van der Waals surface area contributed by atoms with E-state index in [2.05, 4.69) is 21.9 Å². The Morgan fingerprint density at radius 2 is 1.22 bits per heavy atom. The van der Waals surface area contributed by atoms with Crippen LogP contribution in [0, 0.1) is 0 Å². The van der Waals surface area contributed by atoms with Crippen molar-refractivity contribution in [1.82, 2.24) is 20.0 Å². The van der Waals surface area contributed by atoms with Gasteiger partial charge in [-0.3, -0.25) is 33.9 Å². The van der Waals surface area contributed by atoms with Gasteiger partial charge in [0.1, 0.15) is 0 Å². The molecule has 15 nitrogen and oxygen atoms in total. The first-order chi connectivity index (χ1) is 15.0. The molecule has 0 saturated carbocycles. The Balaban J connectivity index is 5.12. The van der Waals surface area contributed by atoms with Crippen LogP contribution in [-0.2, 0) is 19.2 Å². The predicted molar refractivity (Wildman–Crippen MR) is 111 cm³/mol. The molecule has 0 saturated heterocycles. The van der Waals surface area contributed by atoms with Crippen LogP contribution in [0.5, 0.6) is 0 Å². The molecule has 0 aromatic heterocycles. The first kappa shape index (κ1) is 28.6. The minimum absolute atomic E-state index is 0.0241. The fraction of sp³-hybridized carbons (Fsp3) is 0.647. The summed E-state index contributed by atoms with van der Waals surface area (Å²) in [6.07, 6.45) is 0. The molecule has 180 valence electrons. The van der Waals surface area contributed by atoms with Crippen molar-refractivity contribution in [2.24, 2.45) is 5.11 Å². The highest BCUT2D eigenvalue weighted by molar-refractivity contribution is 5.78. The number of aliphatic carboxylic acids is 3. The Kier molecular flexibility index (Phi) is 14.6. The van der Waals surface area contributed by atoms with E-state index in [1.807, 2.05) is 0 Å². The molecule has 0 heterocycles. The normalized spacial score (nSPS) is 10.7. The van der Waals surface area contributed by atoms with E-state index in [1.165, 1.54) is 9.80 Å². The van der Waals surface area contributed by atoms with Gasteiger partial charge in [0.05, 0.1) is 38.5 Å². The highest BCUT2D eigenvalue weighted by atomic mass is 16.4. The Morgan fingerprint density at radius 1 is 0.781 bits per heavy atom. The Bertz CT molecular complexity index is 639. The Labute approximate surface area is 184 Å². The summed E-state index contributed by atoms with van der Waals surface area (Å²) in [6.45, 7) is 2.30. The lowest BCUT2D eigenvalue weighted by Crippen LogP contribution is -2.46. The number of nitrogens with zero attached hydrogens (tertiary/aromatic N) is 6. The summed E-state index contributed by atoms with van der Waals surface area (Å²) in [4.78, 5) is 51.9. The van der Waals surface area contributed by atoms with Gasteiger partial charge in [0.2, 0.25) is 5.91 Å². The largest absolute Gasteiger partial charge is 0.512 e. The number of azide groups is 1. The number of hydrogen-bond acceptors (Lipinski definition) is 9. The van der Waals surface area contributed by atoms with Crippen LogP contribution in [0.25, 0.3) is 10.4 Å². The summed E-state index contributed by atoms with van der Waals surface area (Å²) in [5, 5.41) is 42.1. The number of nitrogens with one attached hydrogen (secondary N) is 1. The maximum atomic E-state index is 12.2. The molecule has 0 radical (unpaired) electrons. The van der Waals surface area contributed by atoms with Crippen LogP contribution >= 0.6 is 0 Å². The molecule has 0 aliphatic rings. The topological polar surface area (TPSA) is 220 Å². The smallest absolute Gasteiger partial charge is 0.317 e. The van der Waals surface area contributed by atoms with Crippen LogP contribution < -0.4 is 5.32 Å². The molecular weight excluding hydrogens is 430 g/mol. The molecule has 0 rings (SSSR count). The van der Waals surface area contributed by atoms with E-state index in [0.717, 1.165) is 0 Å². The third-order valence-electron chi connectivity index (χ3n) is 3.91. The number of rotatable bonds is 19. The standard InChI is InChI=1S/C17H29N7O8/c1-13(25)8-23(10-15(27)28)6-4-22(9-14(26)19-2-3-20-21-18)5-7-24(11-16(29)30)12-17(31)32/h25H,1-12H2,(H,19,26)(H,27,28)(H,29,30)(H,31,32). The van der Waals surface area contributed by atoms with E-state index in [4.69, 9.17) is 20.9 Å². The Morgan fingerprint density at radius 3 is 1.62 bits per heavy atom. The van der Waals surface area contributed by atoms with Crippen molar-refractivity contribution >= 4 is 23.8 Å². The van der Waals surface area contributed by atoms with Gasteiger partial charge in [0.15, 0.2) is 0 Å². The van der Waals surface area contributed by atoms with Crippen LogP contribution in [0.4, 0.5) is 0 Å². The molecule has 0 aromatic carbocycles. The van der Waals surface area contributed by atoms with Gasteiger partial charge in [-0.2, -0.15) is 0 Å². The van der Waals surface area contributed by atoms with Gasteiger partial charge in [-0.15, -0.1) is 0 Å². The highest BCUT2D eigenvalue weighted by Crippen LogP contribution is 1.99. The summed E-state index contributed by atoms with van der Waals surface area (Å²) in [5.74, 6) is -4.19. The summed E-state index contributed by atoms with van der Waals surface area (Å²) in [5.41, 5.74) is 8.25. The van der Waals surface area contributed by atoms with Gasteiger partial charge in [0.25, 0.3) is 0 Å². The van der Waals surface area contributed by atoms with E-state index in [9.17, 15) is 24.3 Å². The van der Waals surface area contributed by atoms with E-state index >= 15 is 0 Å². The number of carbonyl (C=O) groups excluding carboxylic acids is 1. The number of carboxylic acid groups (broad SMARTS) is 3. The van der Waals surface area contributed by atoms with Crippen LogP contribution in [0.3, 0.4) is 0 Å². The molecule has 0 bridgehead atoms. The molecule has 0 aliphatic carbocycles. The maximum absolute atomic E-state index is 12.2. The lowest BCUT2D eigenvalue weighted by molar-refractivity contribution is -0.142. The highest BCUT2D eigenvalue weighted by Gasteiger charge is 2.18. The van der Waals surface area contributed by atoms with E-state index in [-0.39, 0.29) is 64.7 Å². The van der Waals surface area contributed by atoms with E-state index in [1.54, 1.807) is 4.90 Å². The predicted octanol–water partition coefficient (Wildman–Crippen LogP) is -1.36. The van der Waals surface area contributed by atoms with Crippen molar-refractivity contribution < 1.29 is 39.6 Å². The summed E-state index contributed by atoms with van der Waals surface area (Å²) >= 11 is 0. The molecule has 0 spiro atoms. The summed E-state index contributed by atoms with van der Waals surface area (Å²) in [7, 11) is 0. The average Bonchev–Trinajstić information content (AvgIpc) is 2.65. The zero-order valence-corrected chi connectivity index (χ0v) is 17.6. The number of hydrogen-bond donors (Lipinski definition) is 5. The van der Waals surface area contributed by atoms with Crippen LogP contribution in [0.15, 0.2) is 17.5 Å². The van der Waals surface area contributed by atoms with Crippen molar-refractivity contribution in [2.45, 2.75) is 0 Å². The minimum Gasteiger partial charge on any atom is -0.512 e. The van der Waals surface area contributed by atoms with Crippen molar-refractivity contribution in [2.75, 3.05) is 72.0 Å². The summed E-state index contributed by atoms with van der Waals surface area (Å²) in [6, 6.07) is 0. The third kappa shape index (κ3) is 16.4. The first-order valence-electron chi connectivity index (χ1n) is 9.50. The molecule has 0 aromatic rings. The number of aliphatic hydroxyl groups excluding tert-OH is 1. The monoisotopic (exact) mass is 459 g/mol. The van der Waals surface area contributed by atoms with Gasteiger partial charge in [-0.25, -0.2) is 0 Å². The van der Waals surface area contributed by atoms with Crippen LogP contribution in [0.1, 0.15) is 0 Å². The van der Waals surface area contributed by atoms with Gasteiger partial charge < -0.3 is 25.7 Å². The second-order valence-corrected chi connectivity index (χ2v) is 6.75. The molecule has 15 heteroatoms. The van der Waals surface area contributed by atoms with E-state index in [0.29, 0.717) is 0 Å². The van der Waals surface area contributed by atoms with E-state index < -0.39 is 36.9 Å². The van der Waals surface area contributed by atoms with Crippen molar-refractivity contribution in [3.63, 3.8) is 0 Å². The fourth-order valence-electron chi connectivity index (χ4n) is 2.64. The number of carboxylic acids is 3. The second-order valence-electron chi connectivity index (χ2n) is 6.75. The quantitative estimate of drug-likeness (QED) is 0.0499. The van der Waals surface area contributed by atoms with Gasteiger partial charge in [0, 0.05) is 44.2 Å². The number of aliphatic hydroxyl groups is 1. The molecule has 0 fully saturated rings. The minimum atomic E-state index is -1.21. The van der Waals surface area contributed by atoms with Gasteiger partial charge in [-0.1, -0.05) is 11.7 Å². The molecule has 5 N–H and O–H groups in total. The zero-order chi connectivity index (χ0) is 24.5. The van der Waals surface area contributed by atoms with Gasteiger partial charge in [-0.05, 0) is 5.53 Å². The molecule has 0 aliphatic heterocycles. The van der Waals surface area contributed by atoms with Gasteiger partial charge >= 0.3 is 17.9 Å². The van der Waals surface area contributed by atoms with Crippen LogP contribution in [0.2, 0.25) is 0 Å².